The summed E-state index contributed by atoms with van der Waals surface area (Å²) in [5.74, 6) is 3.73. The Balaban J connectivity index is 0.00000144. The van der Waals surface area contributed by atoms with E-state index < -0.39 is 6.10 Å². The molecule has 0 aromatic heterocycles. The molecule has 1 N–H and O–H groups in total. The van der Waals surface area contributed by atoms with Gasteiger partial charge in [0.15, 0.2) is 23.0 Å². The molecule has 2 aromatic rings. The number of ether oxygens (including phenoxy) is 5. The van der Waals surface area contributed by atoms with E-state index in [0.29, 0.717) is 24.8 Å². The van der Waals surface area contributed by atoms with Crippen LogP contribution in [0.4, 0.5) is 0 Å². The van der Waals surface area contributed by atoms with Crippen molar-refractivity contribution in [1.29, 1.82) is 0 Å². The summed E-state index contributed by atoms with van der Waals surface area (Å²) in [6.07, 6.45) is -0.546. The number of hydrogen-bond donors (Lipinski definition) is 1. The Morgan fingerprint density at radius 1 is 0.781 bits per heavy atom. The molecule has 2 aromatic carbocycles. The van der Waals surface area contributed by atoms with Crippen LogP contribution in [0.1, 0.15) is 5.56 Å². The molecule has 176 valence electrons. The van der Waals surface area contributed by atoms with Crippen molar-refractivity contribution >= 4 is 24.8 Å². The van der Waals surface area contributed by atoms with E-state index in [4.69, 9.17) is 23.7 Å². The zero-order chi connectivity index (χ0) is 20.3. The maximum atomic E-state index is 10.4. The second-order valence-corrected chi connectivity index (χ2v) is 7.74. The number of aliphatic hydroxyl groups is 1. The second-order valence-electron chi connectivity index (χ2n) is 7.74. The minimum atomic E-state index is -0.546. The molecule has 1 unspecified atom stereocenters. The molecule has 1 saturated heterocycles. The van der Waals surface area contributed by atoms with Gasteiger partial charge in [-0.1, -0.05) is 6.07 Å². The van der Waals surface area contributed by atoms with Crippen LogP contribution in [0.3, 0.4) is 0 Å². The third kappa shape index (κ3) is 5.82. The number of β-amino-alcohol motifs (C(OH)–C–C–N with tert-alkyl or cyclic N) is 1. The van der Waals surface area contributed by atoms with Crippen LogP contribution in [-0.2, 0) is 6.54 Å². The van der Waals surface area contributed by atoms with Crippen molar-refractivity contribution in [3.8, 4) is 28.7 Å². The SMILES string of the molecule is Cl.Cl.OC(COc1ccc2c(c1)OCO2)CN1CCN(Cc2ccc3c(c2)OCO3)CC1. The molecule has 0 amide bonds. The van der Waals surface area contributed by atoms with Gasteiger partial charge in [0.2, 0.25) is 13.6 Å². The molecule has 0 bridgehead atoms. The number of hydrogen-bond acceptors (Lipinski definition) is 8. The van der Waals surface area contributed by atoms with E-state index in [-0.39, 0.29) is 38.2 Å². The van der Waals surface area contributed by atoms with Gasteiger partial charge in [-0.15, -0.1) is 24.8 Å². The molecule has 10 heteroatoms. The van der Waals surface area contributed by atoms with Gasteiger partial charge in [-0.2, -0.15) is 0 Å². The number of halogens is 2. The quantitative estimate of drug-likeness (QED) is 0.639. The van der Waals surface area contributed by atoms with Crippen molar-refractivity contribution in [3.05, 3.63) is 42.0 Å². The van der Waals surface area contributed by atoms with Crippen LogP contribution in [0.25, 0.3) is 0 Å². The first-order valence-corrected chi connectivity index (χ1v) is 10.3. The molecular weight excluding hydrogens is 459 g/mol. The maximum absolute atomic E-state index is 10.4. The number of nitrogens with zero attached hydrogens (tertiary/aromatic N) is 2. The van der Waals surface area contributed by atoms with Crippen LogP contribution in [0.2, 0.25) is 0 Å². The van der Waals surface area contributed by atoms with Gasteiger partial charge < -0.3 is 28.8 Å². The van der Waals surface area contributed by atoms with Crippen molar-refractivity contribution in [1.82, 2.24) is 9.80 Å². The van der Waals surface area contributed by atoms with E-state index in [1.807, 2.05) is 18.2 Å². The molecule has 0 saturated carbocycles. The van der Waals surface area contributed by atoms with Crippen molar-refractivity contribution in [2.45, 2.75) is 12.6 Å². The summed E-state index contributed by atoms with van der Waals surface area (Å²) in [5.41, 5.74) is 1.23. The fourth-order valence-electron chi connectivity index (χ4n) is 3.94. The summed E-state index contributed by atoms with van der Waals surface area (Å²) >= 11 is 0. The predicted molar refractivity (Wildman–Crippen MR) is 123 cm³/mol. The number of rotatable bonds is 7. The molecule has 0 aliphatic carbocycles. The molecule has 3 aliphatic heterocycles. The molecule has 5 rings (SSSR count). The summed E-state index contributed by atoms with van der Waals surface area (Å²) in [6.45, 7) is 6.05. The van der Waals surface area contributed by atoms with E-state index in [1.54, 1.807) is 6.07 Å². The van der Waals surface area contributed by atoms with Gasteiger partial charge in [-0.05, 0) is 29.8 Å². The first kappa shape index (κ1) is 24.5. The van der Waals surface area contributed by atoms with Crippen molar-refractivity contribution in [3.63, 3.8) is 0 Å². The van der Waals surface area contributed by atoms with Gasteiger partial charge in [0.05, 0.1) is 0 Å². The molecule has 1 atom stereocenters. The lowest BCUT2D eigenvalue weighted by atomic mass is 10.1. The first-order valence-electron chi connectivity index (χ1n) is 10.3. The largest absolute Gasteiger partial charge is 0.491 e. The standard InChI is InChI=1S/C22H26N2O6.2ClH/c25-17(13-26-18-2-4-20-22(10-18)30-15-28-20)12-24-7-5-23(6-8-24)11-16-1-3-19-21(9-16)29-14-27-19;;/h1-4,9-10,17,25H,5-8,11-15H2;2*1H. The fourth-order valence-corrected chi connectivity index (χ4v) is 3.94. The average Bonchev–Trinajstić information content (AvgIpc) is 3.42. The molecule has 8 nitrogen and oxygen atoms in total. The van der Waals surface area contributed by atoms with Gasteiger partial charge in [-0.25, -0.2) is 0 Å². The highest BCUT2D eigenvalue weighted by Crippen LogP contribution is 2.35. The zero-order valence-electron chi connectivity index (χ0n) is 17.6. The topological polar surface area (TPSA) is 72.9 Å². The Labute approximate surface area is 199 Å². The Kier molecular flexibility index (Phi) is 8.56. The predicted octanol–water partition coefficient (Wildman–Crippen LogP) is 2.55. The summed E-state index contributed by atoms with van der Waals surface area (Å²) < 4.78 is 27.2. The van der Waals surface area contributed by atoms with Gasteiger partial charge in [0, 0.05) is 45.3 Å². The Morgan fingerprint density at radius 2 is 1.38 bits per heavy atom. The molecular formula is C22H28Cl2N2O6. The fraction of sp³-hybridized carbons (Fsp3) is 0.455. The highest BCUT2D eigenvalue weighted by molar-refractivity contribution is 5.85. The van der Waals surface area contributed by atoms with E-state index in [1.165, 1.54) is 5.56 Å². The van der Waals surface area contributed by atoms with Crippen LogP contribution in [0.15, 0.2) is 36.4 Å². The van der Waals surface area contributed by atoms with Gasteiger partial charge in [0.1, 0.15) is 18.5 Å². The smallest absolute Gasteiger partial charge is 0.231 e. The van der Waals surface area contributed by atoms with Gasteiger partial charge in [0.25, 0.3) is 0 Å². The van der Waals surface area contributed by atoms with Gasteiger partial charge >= 0.3 is 0 Å². The summed E-state index contributed by atoms with van der Waals surface area (Å²) in [5, 5.41) is 10.4. The first-order chi connectivity index (χ1) is 14.7. The lowest BCUT2D eigenvalue weighted by molar-refractivity contribution is 0.0446. The third-order valence-corrected chi connectivity index (χ3v) is 5.56. The molecule has 1 fully saturated rings. The second kappa shape index (κ2) is 11.2. The molecule has 3 heterocycles. The zero-order valence-corrected chi connectivity index (χ0v) is 19.2. The number of aliphatic hydroxyl groups excluding tert-OH is 1. The number of piperazine rings is 1. The molecule has 3 aliphatic rings. The Hall–Kier alpha value is -2.10. The lowest BCUT2D eigenvalue weighted by Gasteiger charge is -2.35. The van der Waals surface area contributed by atoms with E-state index >= 15 is 0 Å². The highest BCUT2D eigenvalue weighted by Gasteiger charge is 2.21. The maximum Gasteiger partial charge on any atom is 0.231 e. The monoisotopic (exact) mass is 486 g/mol. The molecule has 0 radical (unpaired) electrons. The van der Waals surface area contributed by atoms with Crippen LogP contribution >= 0.6 is 24.8 Å². The molecule has 32 heavy (non-hydrogen) atoms. The average molecular weight is 487 g/mol. The van der Waals surface area contributed by atoms with Crippen molar-refractivity contribution in [2.24, 2.45) is 0 Å². The van der Waals surface area contributed by atoms with Crippen LogP contribution in [-0.4, -0.2) is 73.9 Å². The molecule has 0 spiro atoms. The van der Waals surface area contributed by atoms with E-state index in [0.717, 1.165) is 50.0 Å². The normalized spacial score (nSPS) is 17.9. The third-order valence-electron chi connectivity index (χ3n) is 5.56. The lowest BCUT2D eigenvalue weighted by Crippen LogP contribution is -2.48. The Morgan fingerprint density at radius 3 is 2.09 bits per heavy atom. The van der Waals surface area contributed by atoms with Gasteiger partial charge in [-0.3, -0.25) is 9.80 Å². The summed E-state index contributed by atoms with van der Waals surface area (Å²) in [7, 11) is 0. The summed E-state index contributed by atoms with van der Waals surface area (Å²) in [6, 6.07) is 11.6. The number of benzene rings is 2. The van der Waals surface area contributed by atoms with E-state index in [9.17, 15) is 5.11 Å². The van der Waals surface area contributed by atoms with Crippen LogP contribution < -0.4 is 23.7 Å². The van der Waals surface area contributed by atoms with Crippen molar-refractivity contribution < 1.29 is 28.8 Å². The number of fused-ring (bicyclic) bond motifs is 2. The minimum Gasteiger partial charge on any atom is -0.491 e. The van der Waals surface area contributed by atoms with Crippen molar-refractivity contribution in [2.75, 3.05) is 52.9 Å². The van der Waals surface area contributed by atoms with Crippen LogP contribution in [0.5, 0.6) is 28.7 Å². The summed E-state index contributed by atoms with van der Waals surface area (Å²) in [4.78, 5) is 4.70. The highest BCUT2D eigenvalue weighted by atomic mass is 35.5. The van der Waals surface area contributed by atoms with E-state index in [2.05, 4.69) is 21.9 Å². The Bertz CT molecular complexity index is 895. The minimum absolute atomic E-state index is 0. The van der Waals surface area contributed by atoms with Crippen LogP contribution in [0, 0.1) is 0 Å².